The molecule has 5 heteroatoms. The largest absolute Gasteiger partial charge is 0.484 e. The van der Waals surface area contributed by atoms with Crippen molar-refractivity contribution in [2.45, 2.75) is 12.6 Å². The van der Waals surface area contributed by atoms with E-state index in [9.17, 15) is 4.79 Å². The van der Waals surface area contributed by atoms with Gasteiger partial charge < -0.3 is 10.5 Å². The smallest absolute Gasteiger partial charge is 0.255 e. The predicted molar refractivity (Wildman–Crippen MR) is 98.2 cm³/mol. The molecule has 5 nitrogen and oxygen atoms in total. The van der Waals surface area contributed by atoms with Gasteiger partial charge in [-0.1, -0.05) is 42.5 Å². The first kappa shape index (κ1) is 17.5. The first-order chi connectivity index (χ1) is 12.1. The van der Waals surface area contributed by atoms with Gasteiger partial charge in [0.25, 0.3) is 5.91 Å². The number of likely N-dealkylation sites (N-methyl/N-ethyl adjacent to an activating group) is 1. The summed E-state index contributed by atoms with van der Waals surface area (Å²) in [5.41, 5.74) is 7.67. The molecule has 1 fully saturated rings. The highest BCUT2D eigenvalue weighted by Crippen LogP contribution is 2.25. The van der Waals surface area contributed by atoms with Crippen molar-refractivity contribution in [2.24, 2.45) is 5.73 Å². The highest BCUT2D eigenvalue weighted by Gasteiger charge is 2.25. The van der Waals surface area contributed by atoms with Crippen molar-refractivity contribution >= 4 is 5.91 Å². The molecule has 0 unspecified atom stereocenters. The van der Waals surface area contributed by atoms with Crippen LogP contribution in [-0.4, -0.2) is 49.0 Å². The zero-order chi connectivity index (χ0) is 17.6. The highest BCUT2D eigenvalue weighted by molar-refractivity contribution is 5.75. The molecule has 3 rings (SSSR count). The van der Waals surface area contributed by atoms with Gasteiger partial charge in [0, 0.05) is 32.2 Å². The molecule has 2 N–H and O–H groups in total. The average molecular weight is 339 g/mol. The lowest BCUT2D eigenvalue weighted by Crippen LogP contribution is -2.46. The molecule has 1 atom stereocenters. The molecule has 1 aliphatic rings. The monoisotopic (exact) mass is 339 g/mol. The lowest BCUT2D eigenvalue weighted by molar-refractivity contribution is -0.119. The molecule has 132 valence electrons. The number of carbonyl (C=O) groups excluding carboxylic acids is 1. The number of hydrogen-bond donors (Lipinski definition) is 1. The normalized spacial score (nSPS) is 18.8. The number of rotatable bonds is 6. The van der Waals surface area contributed by atoms with Gasteiger partial charge in [-0.05, 0) is 30.3 Å². The minimum Gasteiger partial charge on any atom is -0.484 e. The number of hydrogen-bond acceptors (Lipinski definition) is 4. The Morgan fingerprint density at radius 2 is 1.96 bits per heavy atom. The van der Waals surface area contributed by atoms with Crippen molar-refractivity contribution in [1.29, 1.82) is 0 Å². The number of nitrogens with zero attached hydrogens (tertiary/aromatic N) is 2. The molecule has 0 aliphatic carbocycles. The Balaban J connectivity index is 1.65. The van der Waals surface area contributed by atoms with Gasteiger partial charge in [0.1, 0.15) is 5.75 Å². The third kappa shape index (κ3) is 4.81. The van der Waals surface area contributed by atoms with Crippen LogP contribution in [0.25, 0.3) is 0 Å². The Labute approximate surface area is 149 Å². The van der Waals surface area contributed by atoms with Crippen LogP contribution in [0.1, 0.15) is 17.2 Å². The van der Waals surface area contributed by atoms with Gasteiger partial charge in [0.15, 0.2) is 6.61 Å². The maximum absolute atomic E-state index is 10.9. The number of piperazine rings is 1. The number of primary amides is 1. The molecule has 0 aromatic heterocycles. The quantitative estimate of drug-likeness (QED) is 0.875. The van der Waals surface area contributed by atoms with Crippen molar-refractivity contribution in [3.63, 3.8) is 0 Å². The van der Waals surface area contributed by atoms with Crippen molar-refractivity contribution < 1.29 is 9.53 Å². The van der Waals surface area contributed by atoms with Crippen LogP contribution in [0.5, 0.6) is 5.75 Å². The summed E-state index contributed by atoms with van der Waals surface area (Å²) < 4.78 is 5.40. The summed E-state index contributed by atoms with van der Waals surface area (Å²) in [5.74, 6) is 0.222. The van der Waals surface area contributed by atoms with Gasteiger partial charge in [-0.25, -0.2) is 0 Å². The molecule has 0 radical (unpaired) electrons. The van der Waals surface area contributed by atoms with Crippen molar-refractivity contribution in [3.8, 4) is 5.75 Å². The van der Waals surface area contributed by atoms with E-state index in [1.807, 2.05) is 18.2 Å². The summed E-state index contributed by atoms with van der Waals surface area (Å²) in [6.07, 6.45) is 0. The maximum Gasteiger partial charge on any atom is 0.255 e. The van der Waals surface area contributed by atoms with E-state index >= 15 is 0 Å². The molecular weight excluding hydrogens is 314 g/mol. The van der Waals surface area contributed by atoms with Gasteiger partial charge in [-0.2, -0.15) is 0 Å². The van der Waals surface area contributed by atoms with Crippen LogP contribution >= 0.6 is 0 Å². The molecule has 25 heavy (non-hydrogen) atoms. The molecule has 2 aromatic carbocycles. The summed E-state index contributed by atoms with van der Waals surface area (Å²) in [5, 5.41) is 0. The van der Waals surface area contributed by atoms with Crippen molar-refractivity contribution in [3.05, 3.63) is 65.7 Å². The van der Waals surface area contributed by atoms with Crippen LogP contribution in [-0.2, 0) is 11.3 Å². The van der Waals surface area contributed by atoms with Crippen LogP contribution in [0, 0.1) is 0 Å². The van der Waals surface area contributed by atoms with E-state index in [0.29, 0.717) is 11.8 Å². The molecule has 0 saturated carbocycles. The topological polar surface area (TPSA) is 58.8 Å². The van der Waals surface area contributed by atoms with E-state index in [-0.39, 0.29) is 6.61 Å². The zero-order valence-corrected chi connectivity index (χ0v) is 14.6. The number of benzene rings is 2. The van der Waals surface area contributed by atoms with Crippen molar-refractivity contribution in [1.82, 2.24) is 9.80 Å². The average Bonchev–Trinajstić information content (AvgIpc) is 2.63. The van der Waals surface area contributed by atoms with Gasteiger partial charge in [-0.3, -0.25) is 14.6 Å². The van der Waals surface area contributed by atoms with E-state index in [1.54, 1.807) is 0 Å². The van der Waals surface area contributed by atoms with E-state index in [4.69, 9.17) is 10.5 Å². The lowest BCUT2D eigenvalue weighted by Gasteiger charge is -2.39. The molecule has 1 saturated heterocycles. The van der Waals surface area contributed by atoms with Crippen LogP contribution < -0.4 is 10.5 Å². The maximum atomic E-state index is 10.9. The third-order valence-corrected chi connectivity index (χ3v) is 4.60. The number of amides is 1. The number of carbonyl (C=O) groups is 1. The minimum absolute atomic E-state index is 0.0892. The SMILES string of the molecule is CN1CCN(Cc2cccc(OCC(N)=O)c2)C[C@@H]1c1ccccc1. The second-order valence-electron chi connectivity index (χ2n) is 6.54. The summed E-state index contributed by atoms with van der Waals surface area (Å²) in [6, 6.07) is 18.9. The highest BCUT2D eigenvalue weighted by atomic mass is 16.5. The Kier molecular flexibility index (Phi) is 5.68. The Morgan fingerprint density at radius 1 is 1.16 bits per heavy atom. The van der Waals surface area contributed by atoms with E-state index in [0.717, 1.165) is 26.2 Å². The van der Waals surface area contributed by atoms with Crippen LogP contribution in [0.4, 0.5) is 0 Å². The fourth-order valence-electron chi connectivity index (χ4n) is 3.26. The fourth-order valence-corrected chi connectivity index (χ4v) is 3.26. The lowest BCUT2D eigenvalue weighted by atomic mass is 10.0. The van der Waals surface area contributed by atoms with Crippen LogP contribution in [0.15, 0.2) is 54.6 Å². The zero-order valence-electron chi connectivity index (χ0n) is 14.6. The standard InChI is InChI=1S/C20H25N3O2/c1-22-10-11-23(14-19(22)17-7-3-2-4-8-17)13-16-6-5-9-18(12-16)25-15-20(21)24/h2-9,12,19H,10-11,13-15H2,1H3,(H2,21,24)/t19-/m1/s1. The molecule has 1 aliphatic heterocycles. The molecule has 0 bridgehead atoms. The molecular formula is C20H25N3O2. The van der Waals surface area contributed by atoms with Crippen LogP contribution in [0.2, 0.25) is 0 Å². The summed E-state index contributed by atoms with van der Waals surface area (Å²) in [7, 11) is 2.19. The first-order valence-electron chi connectivity index (χ1n) is 8.59. The molecule has 0 spiro atoms. The Morgan fingerprint density at radius 3 is 2.72 bits per heavy atom. The second kappa shape index (κ2) is 8.14. The fraction of sp³-hybridized carbons (Fsp3) is 0.350. The van der Waals surface area contributed by atoms with Gasteiger partial charge in [-0.15, -0.1) is 0 Å². The molecule has 1 heterocycles. The van der Waals surface area contributed by atoms with E-state index in [2.05, 4.69) is 53.2 Å². The minimum atomic E-state index is -0.463. The van der Waals surface area contributed by atoms with Gasteiger partial charge >= 0.3 is 0 Å². The third-order valence-electron chi connectivity index (χ3n) is 4.60. The Bertz CT molecular complexity index is 705. The first-order valence-corrected chi connectivity index (χ1v) is 8.59. The van der Waals surface area contributed by atoms with Gasteiger partial charge in [0.05, 0.1) is 0 Å². The summed E-state index contributed by atoms with van der Waals surface area (Å²) in [4.78, 5) is 15.7. The van der Waals surface area contributed by atoms with E-state index in [1.165, 1.54) is 11.1 Å². The second-order valence-corrected chi connectivity index (χ2v) is 6.54. The number of ether oxygens (including phenoxy) is 1. The summed E-state index contributed by atoms with van der Waals surface area (Å²) >= 11 is 0. The predicted octanol–water partition coefficient (Wildman–Crippen LogP) is 2.04. The molecule has 1 amide bonds. The van der Waals surface area contributed by atoms with Gasteiger partial charge in [0.2, 0.25) is 0 Å². The number of nitrogens with two attached hydrogens (primary N) is 1. The van der Waals surface area contributed by atoms with Crippen molar-refractivity contribution in [2.75, 3.05) is 33.3 Å². The van der Waals surface area contributed by atoms with E-state index < -0.39 is 5.91 Å². The molecule has 2 aromatic rings. The van der Waals surface area contributed by atoms with Crippen LogP contribution in [0.3, 0.4) is 0 Å². The summed E-state index contributed by atoms with van der Waals surface area (Å²) in [6.45, 7) is 3.84. The Hall–Kier alpha value is -2.37.